The minimum atomic E-state index is -0.0874. The molecule has 264 valence electrons. The quantitative estimate of drug-likeness (QED) is 0.182. The largest absolute Gasteiger partial charge is 0.456 e. The van der Waals surface area contributed by atoms with Crippen LogP contribution in [-0.2, 0) is 10.8 Å². The predicted octanol–water partition coefficient (Wildman–Crippen LogP) is 13.9. The maximum atomic E-state index is 6.45. The molecule has 6 aromatic carbocycles. The lowest BCUT2D eigenvalue weighted by atomic mass is 9.76. The van der Waals surface area contributed by atoms with Gasteiger partial charge >= 0.3 is 0 Å². The van der Waals surface area contributed by atoms with E-state index in [9.17, 15) is 0 Å². The second-order valence-electron chi connectivity index (χ2n) is 16.9. The van der Waals surface area contributed by atoms with E-state index in [0.29, 0.717) is 0 Å². The Hall–Kier alpha value is -5.60. The van der Waals surface area contributed by atoms with Crippen LogP contribution in [0, 0.1) is 13.8 Å². The van der Waals surface area contributed by atoms with Gasteiger partial charge in [-0.1, -0.05) is 118 Å². The predicted molar refractivity (Wildman–Crippen MR) is 226 cm³/mol. The molecule has 1 unspecified atom stereocenters. The van der Waals surface area contributed by atoms with Crippen LogP contribution in [0.1, 0.15) is 84.9 Å². The standard InChI is InChI=1S/C52H45NO/c1-32-27-33(2)50-43(28-32)42-29-34(19-24-49(42)54-50)37-13-7-10-18-48(37)53(35-20-22-40-38-14-5-8-16-44(38)51(3,4)46(40)30-35)36-21-23-41-39-15-6-9-17-45(39)52(47(41)31-36)25-11-12-26-52/h5-10,13-17,19-24,27-31,48H,11-12,18,25-26H2,1-4H3. The molecule has 7 aromatic rings. The van der Waals surface area contributed by atoms with Crippen LogP contribution in [0.3, 0.4) is 0 Å². The van der Waals surface area contributed by atoms with Crippen LogP contribution in [0.25, 0.3) is 49.8 Å². The lowest BCUT2D eigenvalue weighted by Crippen LogP contribution is -2.33. The van der Waals surface area contributed by atoms with Crippen molar-refractivity contribution in [1.29, 1.82) is 0 Å². The van der Waals surface area contributed by atoms with E-state index < -0.39 is 0 Å². The number of aryl methyl sites for hydroxylation is 2. The fraction of sp³-hybridized carbons (Fsp3) is 0.231. The first-order valence-corrected chi connectivity index (χ1v) is 19.9. The highest BCUT2D eigenvalue weighted by Gasteiger charge is 2.45. The van der Waals surface area contributed by atoms with E-state index in [1.54, 1.807) is 0 Å². The highest BCUT2D eigenvalue weighted by atomic mass is 16.3. The lowest BCUT2D eigenvalue weighted by Gasteiger charge is -2.38. The van der Waals surface area contributed by atoms with E-state index in [-0.39, 0.29) is 16.9 Å². The van der Waals surface area contributed by atoms with Gasteiger partial charge in [-0.3, -0.25) is 0 Å². The van der Waals surface area contributed by atoms with Crippen molar-refractivity contribution in [2.75, 3.05) is 4.90 Å². The number of furan rings is 1. The Morgan fingerprint density at radius 1 is 0.630 bits per heavy atom. The Balaban J connectivity index is 1.11. The number of rotatable bonds is 4. The molecule has 1 atom stereocenters. The fourth-order valence-corrected chi connectivity index (χ4v) is 11.0. The number of allylic oxidation sites excluding steroid dienone is 2. The van der Waals surface area contributed by atoms with Gasteiger partial charge in [-0.2, -0.15) is 0 Å². The Kier molecular flexibility index (Phi) is 6.76. The molecule has 1 aromatic heterocycles. The number of fused-ring (bicyclic) bond motifs is 11. The SMILES string of the molecule is Cc1cc(C)c2oc3ccc(C4=CC=CCC4N(c4ccc5c(c4)C(C)(C)c4ccccc4-5)c4ccc5c(c4)C4(CCCC4)c4ccccc4-5)cc3c2c1. The van der Waals surface area contributed by atoms with Gasteiger partial charge in [0.05, 0.1) is 6.04 Å². The third-order valence-electron chi connectivity index (χ3n) is 13.5. The molecule has 2 heteroatoms. The van der Waals surface area contributed by atoms with Crippen LogP contribution >= 0.6 is 0 Å². The third-order valence-corrected chi connectivity index (χ3v) is 13.5. The molecule has 0 amide bonds. The van der Waals surface area contributed by atoms with E-state index in [2.05, 4.69) is 166 Å². The molecule has 1 saturated carbocycles. The topological polar surface area (TPSA) is 16.4 Å². The summed E-state index contributed by atoms with van der Waals surface area (Å²) in [7, 11) is 0. The molecule has 4 aliphatic rings. The van der Waals surface area contributed by atoms with Gasteiger partial charge in [0.1, 0.15) is 11.2 Å². The zero-order valence-electron chi connectivity index (χ0n) is 31.7. The molecule has 0 N–H and O–H groups in total. The molecule has 0 saturated heterocycles. The summed E-state index contributed by atoms with van der Waals surface area (Å²) in [6, 6.07) is 44.4. The minimum Gasteiger partial charge on any atom is -0.456 e. The van der Waals surface area contributed by atoms with Crippen molar-refractivity contribution in [2.45, 2.75) is 76.7 Å². The van der Waals surface area contributed by atoms with Crippen LogP contribution in [0.4, 0.5) is 11.4 Å². The summed E-state index contributed by atoms with van der Waals surface area (Å²) < 4.78 is 6.45. The average Bonchev–Trinajstić information content (AvgIpc) is 3.95. The van der Waals surface area contributed by atoms with Crippen molar-refractivity contribution < 1.29 is 4.42 Å². The van der Waals surface area contributed by atoms with E-state index in [0.717, 1.165) is 17.6 Å². The van der Waals surface area contributed by atoms with Crippen LogP contribution < -0.4 is 4.90 Å². The molecule has 0 radical (unpaired) electrons. The number of nitrogens with zero attached hydrogens (tertiary/aromatic N) is 1. The molecule has 54 heavy (non-hydrogen) atoms. The summed E-state index contributed by atoms with van der Waals surface area (Å²) in [4.78, 5) is 2.67. The van der Waals surface area contributed by atoms with Gasteiger partial charge in [-0.25, -0.2) is 0 Å². The van der Waals surface area contributed by atoms with E-state index in [1.165, 1.54) is 115 Å². The molecule has 1 spiro atoms. The summed E-state index contributed by atoms with van der Waals surface area (Å²) in [6.07, 6.45) is 12.9. The maximum absolute atomic E-state index is 6.45. The maximum Gasteiger partial charge on any atom is 0.138 e. The van der Waals surface area contributed by atoms with E-state index in [4.69, 9.17) is 4.42 Å². The van der Waals surface area contributed by atoms with Gasteiger partial charge in [0.25, 0.3) is 0 Å². The fourth-order valence-electron chi connectivity index (χ4n) is 11.0. The van der Waals surface area contributed by atoms with Crippen LogP contribution in [0.5, 0.6) is 0 Å². The van der Waals surface area contributed by atoms with Crippen molar-refractivity contribution in [3.63, 3.8) is 0 Å². The Morgan fingerprint density at radius 2 is 1.30 bits per heavy atom. The molecule has 11 rings (SSSR count). The van der Waals surface area contributed by atoms with E-state index in [1.807, 2.05) is 0 Å². The third kappa shape index (κ3) is 4.40. The van der Waals surface area contributed by atoms with Gasteiger partial charge < -0.3 is 9.32 Å². The summed E-state index contributed by atoms with van der Waals surface area (Å²) in [5.41, 5.74) is 20.9. The smallest absolute Gasteiger partial charge is 0.138 e. The number of hydrogen-bond donors (Lipinski definition) is 0. The lowest BCUT2D eigenvalue weighted by molar-refractivity contribution is 0.550. The average molecular weight is 700 g/mol. The highest BCUT2D eigenvalue weighted by Crippen LogP contribution is 2.58. The molecule has 0 bridgehead atoms. The molecule has 0 aliphatic heterocycles. The molecular weight excluding hydrogens is 655 g/mol. The van der Waals surface area contributed by atoms with Crippen LogP contribution in [0.2, 0.25) is 0 Å². The Bertz CT molecular complexity index is 2760. The first-order chi connectivity index (χ1) is 26.3. The second-order valence-corrected chi connectivity index (χ2v) is 16.9. The van der Waals surface area contributed by atoms with Crippen molar-refractivity contribution in [3.8, 4) is 22.3 Å². The monoisotopic (exact) mass is 699 g/mol. The molecule has 1 heterocycles. The normalized spacial score (nSPS) is 18.5. The van der Waals surface area contributed by atoms with Gasteiger partial charge in [-0.05, 0) is 142 Å². The summed E-state index contributed by atoms with van der Waals surface area (Å²) in [5.74, 6) is 0. The summed E-state index contributed by atoms with van der Waals surface area (Å²) >= 11 is 0. The molecule has 1 fully saturated rings. The first kappa shape index (κ1) is 31.9. The number of benzene rings is 6. The molecular formula is C52H45NO. The van der Waals surface area contributed by atoms with Crippen molar-refractivity contribution in [3.05, 3.63) is 172 Å². The minimum absolute atomic E-state index is 0.0874. The van der Waals surface area contributed by atoms with E-state index >= 15 is 0 Å². The van der Waals surface area contributed by atoms with Crippen molar-refractivity contribution >= 4 is 38.9 Å². The molecule has 4 aliphatic carbocycles. The van der Waals surface area contributed by atoms with Gasteiger partial charge in [0.2, 0.25) is 0 Å². The molecule has 2 nitrogen and oxygen atoms in total. The van der Waals surface area contributed by atoms with Gasteiger partial charge in [0.15, 0.2) is 0 Å². The Morgan fingerprint density at radius 3 is 2.07 bits per heavy atom. The summed E-state index contributed by atoms with van der Waals surface area (Å²) in [5, 5.41) is 2.38. The van der Waals surface area contributed by atoms with Crippen molar-refractivity contribution in [1.82, 2.24) is 0 Å². The zero-order valence-corrected chi connectivity index (χ0v) is 31.7. The van der Waals surface area contributed by atoms with Crippen molar-refractivity contribution in [2.24, 2.45) is 0 Å². The van der Waals surface area contributed by atoms with Crippen LogP contribution in [0.15, 0.2) is 138 Å². The van der Waals surface area contributed by atoms with Gasteiger partial charge in [-0.15, -0.1) is 0 Å². The highest BCUT2D eigenvalue weighted by molar-refractivity contribution is 6.07. The van der Waals surface area contributed by atoms with Crippen LogP contribution in [-0.4, -0.2) is 6.04 Å². The number of hydrogen-bond acceptors (Lipinski definition) is 2. The first-order valence-electron chi connectivity index (χ1n) is 19.9. The second kappa shape index (κ2) is 11.5. The zero-order chi connectivity index (χ0) is 36.3. The van der Waals surface area contributed by atoms with Gasteiger partial charge in [0, 0.05) is 33.0 Å². The number of anilines is 2. The summed E-state index contributed by atoms with van der Waals surface area (Å²) in [6.45, 7) is 9.12. The Labute approximate surface area is 318 Å².